The van der Waals surface area contributed by atoms with Gasteiger partial charge in [-0.3, -0.25) is 4.57 Å². The van der Waals surface area contributed by atoms with Crippen LogP contribution in [0.1, 0.15) is 13.8 Å². The van der Waals surface area contributed by atoms with Crippen molar-refractivity contribution in [1.82, 2.24) is 0 Å². The number of rotatable bonds is 2. The SMILES string of the molecule is CC(C)OP(C)(=O)F.O=C([O-])[O-].[Ca+2]. The molecule has 0 spiro atoms. The van der Waals surface area contributed by atoms with Gasteiger partial charge in [-0.1, -0.05) is 0 Å². The zero-order chi connectivity index (χ0) is 10.4. The summed E-state index contributed by atoms with van der Waals surface area (Å²) in [7, 11) is -3.72. The largest absolute Gasteiger partial charge is 2.00 e. The molecule has 0 rings (SSSR count). The van der Waals surface area contributed by atoms with E-state index < -0.39 is 13.8 Å². The van der Waals surface area contributed by atoms with Crippen LogP contribution >= 0.6 is 7.68 Å². The molecule has 0 radical (unpaired) electrons. The number of hydrogen-bond acceptors (Lipinski definition) is 5. The average molecular weight is 240 g/mol. The molecule has 1 unspecified atom stereocenters. The quantitative estimate of drug-likeness (QED) is 0.473. The molecular formula is C5H10CaFO5P. The molecule has 0 aromatic heterocycles. The van der Waals surface area contributed by atoms with Crippen LogP contribution in [0.2, 0.25) is 0 Å². The standard InChI is InChI=1S/C4H10FO2P.CH2O3.Ca/c1-4(2)7-8(3,5)6;2-1(3)4;/h4H,1-3H3;(H2,2,3,4);/q;;+2/p-2. The summed E-state index contributed by atoms with van der Waals surface area (Å²) in [5, 5.41) is 16.7. The third-order valence-electron chi connectivity index (χ3n) is 0.399. The van der Waals surface area contributed by atoms with Crippen LogP contribution < -0.4 is 10.2 Å². The van der Waals surface area contributed by atoms with Crippen molar-refractivity contribution in [1.29, 1.82) is 0 Å². The van der Waals surface area contributed by atoms with Gasteiger partial charge >= 0.3 is 45.4 Å². The van der Waals surface area contributed by atoms with Crippen molar-refractivity contribution in [2.24, 2.45) is 0 Å². The minimum absolute atomic E-state index is 0. The molecule has 0 aromatic carbocycles. The second-order valence-electron chi connectivity index (χ2n) is 2.15. The van der Waals surface area contributed by atoms with Crippen molar-refractivity contribution in [3.05, 3.63) is 0 Å². The maximum atomic E-state index is 12.0. The van der Waals surface area contributed by atoms with Crippen molar-refractivity contribution in [2.45, 2.75) is 20.0 Å². The van der Waals surface area contributed by atoms with Gasteiger partial charge in [0.1, 0.15) is 0 Å². The van der Waals surface area contributed by atoms with E-state index in [9.17, 15) is 8.76 Å². The van der Waals surface area contributed by atoms with Gasteiger partial charge in [-0.25, -0.2) is 0 Å². The Kier molecular flexibility index (Phi) is 13.6. The van der Waals surface area contributed by atoms with Crippen molar-refractivity contribution < 1.29 is 28.3 Å². The Bertz CT molecular complexity index is 176. The fourth-order valence-electron chi connectivity index (χ4n) is 0.377. The Balaban J connectivity index is -0.000000173. The summed E-state index contributed by atoms with van der Waals surface area (Å²) in [6, 6.07) is 0. The van der Waals surface area contributed by atoms with Crippen LogP contribution in [0.25, 0.3) is 0 Å². The number of halogens is 1. The van der Waals surface area contributed by atoms with E-state index in [4.69, 9.17) is 15.0 Å². The third kappa shape index (κ3) is 44.9. The molecule has 0 saturated heterocycles. The number of carboxylic acid groups (broad SMARTS) is 2. The Morgan fingerprint density at radius 3 is 1.69 bits per heavy atom. The average Bonchev–Trinajstić information content (AvgIpc) is 1.52. The van der Waals surface area contributed by atoms with Gasteiger partial charge in [-0.2, -0.15) is 4.20 Å². The minimum atomic E-state index is -3.72. The van der Waals surface area contributed by atoms with Gasteiger partial charge in [-0.05, 0) is 20.0 Å². The first-order valence-corrected chi connectivity index (χ1v) is 4.95. The summed E-state index contributed by atoms with van der Waals surface area (Å²) < 4.78 is 26.4. The van der Waals surface area contributed by atoms with Gasteiger partial charge in [0.05, 0.1) is 6.10 Å². The molecule has 74 valence electrons. The fourth-order valence-corrected chi connectivity index (χ4v) is 1.13. The van der Waals surface area contributed by atoms with Crippen molar-refractivity contribution in [3.63, 3.8) is 0 Å². The number of carbonyl (C=O) groups excluding carboxylic acids is 1. The Morgan fingerprint density at radius 1 is 1.46 bits per heavy atom. The monoisotopic (exact) mass is 240 g/mol. The zero-order valence-electron chi connectivity index (χ0n) is 7.65. The topological polar surface area (TPSA) is 89.5 Å². The fraction of sp³-hybridized carbons (Fsp3) is 0.800. The molecule has 0 bridgehead atoms. The normalized spacial score (nSPS) is 13.3. The summed E-state index contributed by atoms with van der Waals surface area (Å²) in [5.74, 6) is 0. The van der Waals surface area contributed by atoms with Gasteiger partial charge < -0.3 is 19.5 Å². The third-order valence-corrected chi connectivity index (χ3v) is 1.20. The molecule has 0 saturated carbocycles. The van der Waals surface area contributed by atoms with Crippen LogP contribution in [0.5, 0.6) is 0 Å². The maximum absolute atomic E-state index is 12.0. The first kappa shape index (κ1) is 19.3. The Labute approximate surface area is 106 Å². The van der Waals surface area contributed by atoms with Crippen molar-refractivity contribution in [2.75, 3.05) is 6.66 Å². The van der Waals surface area contributed by atoms with Crippen LogP contribution in [0.3, 0.4) is 0 Å². The summed E-state index contributed by atoms with van der Waals surface area (Å²) in [6.45, 7) is 4.22. The van der Waals surface area contributed by atoms with E-state index >= 15 is 0 Å². The maximum Gasteiger partial charge on any atom is 2.00 e. The summed E-state index contributed by atoms with van der Waals surface area (Å²) in [5.41, 5.74) is 0. The second-order valence-corrected chi connectivity index (χ2v) is 3.86. The Hall–Kier alpha value is 0.650. The van der Waals surface area contributed by atoms with E-state index in [1.807, 2.05) is 0 Å². The van der Waals surface area contributed by atoms with E-state index in [0.717, 1.165) is 6.66 Å². The molecule has 0 amide bonds. The smallest absolute Gasteiger partial charge is 0.652 e. The van der Waals surface area contributed by atoms with Gasteiger partial charge in [0.2, 0.25) is 0 Å². The van der Waals surface area contributed by atoms with Gasteiger partial charge in [0.25, 0.3) is 0 Å². The molecule has 1 atom stereocenters. The van der Waals surface area contributed by atoms with E-state index in [1.54, 1.807) is 13.8 Å². The molecule has 13 heavy (non-hydrogen) atoms. The molecule has 0 aromatic rings. The van der Waals surface area contributed by atoms with Crippen LogP contribution in [0.4, 0.5) is 8.99 Å². The number of carbonyl (C=O) groups is 1. The van der Waals surface area contributed by atoms with E-state index in [2.05, 4.69) is 4.52 Å². The predicted octanol–water partition coefficient (Wildman–Crippen LogP) is -0.624. The van der Waals surface area contributed by atoms with Gasteiger partial charge in [0, 0.05) is 6.66 Å². The molecule has 0 aliphatic rings. The minimum Gasteiger partial charge on any atom is -0.652 e. The first-order chi connectivity index (χ1) is 5.15. The van der Waals surface area contributed by atoms with Crippen LogP contribution in [-0.2, 0) is 9.09 Å². The number of hydrogen-bond donors (Lipinski definition) is 0. The van der Waals surface area contributed by atoms with Crippen LogP contribution in [0, 0.1) is 0 Å². The molecule has 0 aliphatic heterocycles. The molecule has 5 nitrogen and oxygen atoms in total. The van der Waals surface area contributed by atoms with Gasteiger partial charge in [0.15, 0.2) is 0 Å². The predicted molar refractivity (Wildman–Crippen MR) is 42.0 cm³/mol. The second kappa shape index (κ2) is 9.21. The first-order valence-electron chi connectivity index (χ1n) is 2.98. The molecule has 0 N–H and O–H groups in total. The van der Waals surface area contributed by atoms with E-state index in [1.165, 1.54) is 0 Å². The van der Waals surface area contributed by atoms with Crippen LogP contribution in [0.15, 0.2) is 0 Å². The molecule has 0 aliphatic carbocycles. The van der Waals surface area contributed by atoms with Crippen molar-refractivity contribution >= 4 is 51.6 Å². The Morgan fingerprint density at radius 2 is 1.69 bits per heavy atom. The molecule has 0 heterocycles. The summed E-state index contributed by atoms with van der Waals surface area (Å²) in [4.78, 5) is 8.33. The van der Waals surface area contributed by atoms with Gasteiger partial charge in [-0.15, -0.1) is 0 Å². The van der Waals surface area contributed by atoms with Crippen LogP contribution in [-0.4, -0.2) is 56.7 Å². The van der Waals surface area contributed by atoms with E-state index in [-0.39, 0.29) is 43.8 Å². The molecule has 0 fully saturated rings. The molecular weight excluding hydrogens is 230 g/mol. The zero-order valence-corrected chi connectivity index (χ0v) is 10.8. The summed E-state index contributed by atoms with van der Waals surface area (Å²) in [6.07, 6.45) is -2.63. The van der Waals surface area contributed by atoms with Crippen molar-refractivity contribution in [3.8, 4) is 0 Å². The summed E-state index contributed by atoms with van der Waals surface area (Å²) >= 11 is 0. The van der Waals surface area contributed by atoms with E-state index in [0.29, 0.717) is 0 Å². The molecule has 8 heteroatoms.